The molecule has 6 aromatic rings. The van der Waals surface area contributed by atoms with E-state index in [1.807, 2.05) is 37.1 Å². The summed E-state index contributed by atoms with van der Waals surface area (Å²) in [6.07, 6.45) is 10.8. The van der Waals surface area contributed by atoms with Gasteiger partial charge in [-0.3, -0.25) is 33.9 Å². The highest BCUT2D eigenvalue weighted by molar-refractivity contribution is 7.92. The lowest BCUT2D eigenvalue weighted by molar-refractivity contribution is 0.0600. The van der Waals surface area contributed by atoms with Gasteiger partial charge in [0.25, 0.3) is 11.8 Å². The molecule has 2 aromatic carbocycles. The van der Waals surface area contributed by atoms with Crippen molar-refractivity contribution in [1.29, 1.82) is 0 Å². The van der Waals surface area contributed by atoms with Gasteiger partial charge in [-0.15, -0.1) is 0 Å². The summed E-state index contributed by atoms with van der Waals surface area (Å²) >= 11 is 18.4. The average Bonchev–Trinajstić information content (AvgIpc) is 4.17. The fraction of sp³-hybridized carbons (Fsp3) is 0.391. The summed E-state index contributed by atoms with van der Waals surface area (Å²) in [5.41, 5.74) is 16.4. The molecule has 388 valence electrons. The molecule has 2 amide bonds. The highest BCUT2D eigenvalue weighted by Gasteiger charge is 2.34. The number of anilines is 3. The van der Waals surface area contributed by atoms with Crippen LogP contribution in [0.2, 0.25) is 15.2 Å². The van der Waals surface area contributed by atoms with E-state index in [1.54, 1.807) is 37.2 Å². The monoisotopic (exact) mass is 1100 g/mol. The van der Waals surface area contributed by atoms with Crippen molar-refractivity contribution in [2.24, 2.45) is 21.5 Å². The molecule has 22 nitrogen and oxygen atoms in total. The minimum atomic E-state index is -3.59. The van der Waals surface area contributed by atoms with Crippen LogP contribution < -0.4 is 31.1 Å². The number of sulfonamides is 2. The maximum atomic E-state index is 13.7. The van der Waals surface area contributed by atoms with Crippen LogP contribution in [0, 0.1) is 13.8 Å². The van der Waals surface area contributed by atoms with Crippen molar-refractivity contribution in [1.82, 2.24) is 44.3 Å². The number of carbonyl (C=O) groups excluding carboxylic acids is 2. The van der Waals surface area contributed by atoms with E-state index < -0.39 is 20.0 Å². The van der Waals surface area contributed by atoms with Gasteiger partial charge in [-0.25, -0.2) is 35.8 Å². The molecule has 4 aromatic heterocycles. The Morgan fingerprint density at radius 1 is 0.671 bits per heavy atom. The Balaban J connectivity index is 0.000000176. The van der Waals surface area contributed by atoms with Crippen LogP contribution in [0.5, 0.6) is 0 Å². The van der Waals surface area contributed by atoms with Gasteiger partial charge >= 0.3 is 0 Å². The Bertz CT molecular complexity index is 3350. The Morgan fingerprint density at radius 3 is 1.62 bits per heavy atom. The summed E-state index contributed by atoms with van der Waals surface area (Å²) in [4.78, 5) is 49.8. The third-order valence-electron chi connectivity index (χ3n) is 12.3. The van der Waals surface area contributed by atoms with Crippen LogP contribution >= 0.6 is 34.8 Å². The molecule has 27 heteroatoms. The number of hydrogen-bond donors (Lipinski definition) is 5. The van der Waals surface area contributed by atoms with Gasteiger partial charge in [-0.1, -0.05) is 34.8 Å². The molecule has 2 atom stereocenters. The molecule has 0 unspecified atom stereocenters. The molecule has 0 spiro atoms. The van der Waals surface area contributed by atoms with Crippen LogP contribution in [0.4, 0.5) is 17.2 Å². The molecular weight excluding hydrogens is 1040 g/mol. The van der Waals surface area contributed by atoms with E-state index in [0.717, 1.165) is 86.8 Å². The molecule has 0 aliphatic carbocycles. The number of aliphatic imine (C=N–C) groups is 2. The molecule has 0 radical (unpaired) electrons. The van der Waals surface area contributed by atoms with Gasteiger partial charge in [0, 0.05) is 71.9 Å². The number of amides is 2. The predicted octanol–water partition coefficient (Wildman–Crippen LogP) is 5.55. The number of guanidine groups is 2. The topological polar surface area (TPSA) is 285 Å². The number of benzene rings is 2. The molecule has 0 saturated carbocycles. The third-order valence-corrected chi connectivity index (χ3v) is 14.3. The van der Waals surface area contributed by atoms with Crippen molar-refractivity contribution in [3.63, 3.8) is 0 Å². The van der Waals surface area contributed by atoms with Gasteiger partial charge < -0.3 is 26.6 Å². The SMILES string of the molecule is Cc1cn2nc([C@@H]3CCCCN3C(=O)c3cc(Cl)ccc3NS(C)(=O)=O)cc2nc1Cl.Cc1cn2nc([C@@H]3CCCCN3C(=O)c3cc(Cl)ccc3NS(C)(=O)=O)cc2nc1N1CCN=C1N.NC1=NCCN1. The number of carbonyl (C=O) groups is 2. The van der Waals surface area contributed by atoms with Crippen molar-refractivity contribution in [2.45, 2.75) is 64.5 Å². The van der Waals surface area contributed by atoms with Crippen molar-refractivity contribution >= 4 is 107 Å². The van der Waals surface area contributed by atoms with E-state index in [1.165, 1.54) is 24.3 Å². The van der Waals surface area contributed by atoms with Crippen molar-refractivity contribution in [2.75, 3.05) is 66.1 Å². The lowest BCUT2D eigenvalue weighted by atomic mass is 9.98. The lowest BCUT2D eigenvalue weighted by Crippen LogP contribution is -2.39. The normalized spacial score (nSPS) is 18.0. The second-order valence-electron chi connectivity index (χ2n) is 17.9. The summed E-state index contributed by atoms with van der Waals surface area (Å²) in [5, 5.41) is 13.3. The average molecular weight is 1100 g/mol. The highest BCUT2D eigenvalue weighted by atomic mass is 35.5. The van der Waals surface area contributed by atoms with Gasteiger partial charge in [-0.05, 0) is 88.8 Å². The van der Waals surface area contributed by atoms with Crippen LogP contribution in [0.15, 0.2) is 70.9 Å². The Morgan fingerprint density at radius 2 is 1.18 bits per heavy atom. The Hall–Kier alpha value is -6.47. The number of nitrogens with one attached hydrogen (secondary N) is 3. The number of piperidine rings is 2. The minimum Gasteiger partial charge on any atom is -0.370 e. The fourth-order valence-corrected chi connectivity index (χ4v) is 10.6. The molecule has 10 rings (SSSR count). The zero-order chi connectivity index (χ0) is 52.4. The van der Waals surface area contributed by atoms with Gasteiger partial charge in [0.2, 0.25) is 20.0 Å². The first-order chi connectivity index (χ1) is 34.6. The summed E-state index contributed by atoms with van der Waals surface area (Å²) in [6, 6.07) is 12.2. The van der Waals surface area contributed by atoms with Gasteiger partial charge in [0.15, 0.2) is 23.2 Å². The minimum absolute atomic E-state index is 0.193. The number of nitrogens with zero attached hydrogens (tertiary/aromatic N) is 11. The number of aryl methyl sites for hydroxylation is 2. The highest BCUT2D eigenvalue weighted by Crippen LogP contribution is 2.36. The van der Waals surface area contributed by atoms with Crippen LogP contribution in [0.3, 0.4) is 0 Å². The second kappa shape index (κ2) is 21.9. The molecule has 2 fully saturated rings. The zero-order valence-corrected chi connectivity index (χ0v) is 44.3. The fourth-order valence-electron chi connectivity index (χ4n) is 8.96. The molecular formula is C46H55Cl3N16O6S2. The first kappa shape index (κ1) is 52.8. The van der Waals surface area contributed by atoms with Crippen LogP contribution in [0.1, 0.15) is 93.8 Å². The van der Waals surface area contributed by atoms with E-state index in [4.69, 9.17) is 56.4 Å². The first-order valence-corrected chi connectivity index (χ1v) is 28.2. The smallest absolute Gasteiger partial charge is 0.256 e. The van der Waals surface area contributed by atoms with E-state index in [9.17, 15) is 26.4 Å². The van der Waals surface area contributed by atoms with Crippen LogP contribution in [0.25, 0.3) is 11.3 Å². The van der Waals surface area contributed by atoms with Gasteiger partial charge in [-0.2, -0.15) is 10.2 Å². The van der Waals surface area contributed by atoms with Crippen molar-refractivity contribution in [3.05, 3.63) is 110 Å². The molecule has 2 saturated heterocycles. The molecule has 4 aliphatic heterocycles. The summed E-state index contributed by atoms with van der Waals surface area (Å²) in [5.74, 6) is 1.14. The predicted molar refractivity (Wildman–Crippen MR) is 284 cm³/mol. The molecule has 0 bridgehead atoms. The number of fused-ring (bicyclic) bond motifs is 2. The number of halogens is 3. The van der Waals surface area contributed by atoms with Crippen LogP contribution in [-0.4, -0.2) is 131 Å². The van der Waals surface area contributed by atoms with Crippen LogP contribution in [-0.2, 0) is 20.0 Å². The third kappa shape index (κ3) is 12.7. The lowest BCUT2D eigenvalue weighted by Gasteiger charge is -2.35. The summed E-state index contributed by atoms with van der Waals surface area (Å²) in [6.45, 7) is 7.88. The Kier molecular flexibility index (Phi) is 15.9. The summed E-state index contributed by atoms with van der Waals surface area (Å²) < 4.78 is 55.5. The van der Waals surface area contributed by atoms with E-state index >= 15 is 0 Å². The molecule has 7 N–H and O–H groups in total. The van der Waals surface area contributed by atoms with E-state index in [-0.39, 0.29) is 46.4 Å². The summed E-state index contributed by atoms with van der Waals surface area (Å²) in [7, 11) is -7.16. The second-order valence-corrected chi connectivity index (χ2v) is 22.7. The van der Waals surface area contributed by atoms with Gasteiger partial charge in [0.1, 0.15) is 11.0 Å². The number of likely N-dealkylation sites (tertiary alicyclic amines) is 2. The standard InChI is InChI=1S/C23H27ClN8O3S.C20H21Cl2N5O3S.C3H7N3/c1-14-13-32-20(27-21(14)31-10-8-26-23(31)25)12-18(28-32)19-5-3-4-9-30(19)22(33)16-11-15(24)6-7-17(16)29-36(2,34)35;1-12-11-27-18(23-19(12)22)10-16(24-27)17-5-3-4-8-26(17)20(28)14-9-13(21)6-7-15(14)25-31(2,29)30;4-3-5-1-2-6-3/h6-7,11-13,19,29H,3-5,8-10H2,1-2H3,(H2,25,26);6-7,9-11,17,25H,3-5,8H2,1-2H3;1-2H2,(H3,4,5,6)/t19-;17-;/m00./s1. The molecule has 4 aliphatic rings. The van der Waals surface area contributed by atoms with E-state index in [2.05, 4.69) is 34.8 Å². The first-order valence-electron chi connectivity index (χ1n) is 23.3. The number of rotatable bonds is 9. The van der Waals surface area contributed by atoms with Gasteiger partial charge in [0.05, 0.1) is 71.6 Å². The van der Waals surface area contributed by atoms with Crippen molar-refractivity contribution < 1.29 is 26.4 Å². The molecule has 73 heavy (non-hydrogen) atoms. The number of nitrogens with two attached hydrogens (primary N) is 2. The quantitative estimate of drug-likeness (QED) is 0.111. The number of hydrogen-bond acceptors (Lipinski definition) is 16. The Labute approximate surface area is 437 Å². The zero-order valence-electron chi connectivity index (χ0n) is 40.4. The molecule has 8 heterocycles. The number of aromatic nitrogens is 6. The largest absolute Gasteiger partial charge is 0.370 e. The van der Waals surface area contributed by atoms with E-state index in [0.29, 0.717) is 70.3 Å². The maximum absolute atomic E-state index is 13.7. The van der Waals surface area contributed by atoms with Crippen molar-refractivity contribution in [3.8, 4) is 0 Å². The maximum Gasteiger partial charge on any atom is 0.256 e.